The predicted molar refractivity (Wildman–Crippen MR) is 49.6 cm³/mol. The zero-order valence-electron chi connectivity index (χ0n) is 7.42. The van der Waals surface area contributed by atoms with E-state index in [9.17, 15) is 0 Å². The monoisotopic (exact) mass is 282 g/mol. The van der Waals surface area contributed by atoms with Crippen LogP contribution in [0.15, 0.2) is 12.1 Å². The Labute approximate surface area is 90.4 Å². The first-order valence-electron chi connectivity index (χ1n) is 3.60. The molecule has 0 atom stereocenters. The molecule has 0 N–H and O–H groups in total. The Hall–Kier alpha value is -0.891. The van der Waals surface area contributed by atoms with Crippen LogP contribution in [0.25, 0.3) is 0 Å². The van der Waals surface area contributed by atoms with E-state index in [1.807, 2.05) is 6.07 Å². The van der Waals surface area contributed by atoms with Crippen LogP contribution in [0.4, 0.5) is 0 Å². The van der Waals surface area contributed by atoms with Gasteiger partial charge in [0.05, 0.1) is 0 Å². The zero-order valence-corrected chi connectivity index (χ0v) is 10.3. The number of ether oxygens (including phenoxy) is 2. The molecule has 1 rings (SSSR count). The summed E-state index contributed by atoms with van der Waals surface area (Å²) in [6.07, 6.45) is 0. The molecule has 13 heavy (non-hydrogen) atoms. The molecule has 0 amide bonds. The van der Waals surface area contributed by atoms with Crippen molar-refractivity contribution >= 4 is 26.1 Å². The molecule has 3 nitrogen and oxygen atoms in total. The second-order valence-electron chi connectivity index (χ2n) is 2.37. The summed E-state index contributed by atoms with van der Waals surface area (Å²) in [6, 6.07) is 5.62. The van der Waals surface area contributed by atoms with Crippen LogP contribution in [0, 0.1) is 11.3 Å². The van der Waals surface area contributed by atoms with Crippen LogP contribution < -0.4 is 13.1 Å². The van der Waals surface area contributed by atoms with Crippen molar-refractivity contribution in [3.63, 3.8) is 0 Å². The number of nitriles is 1. The summed E-state index contributed by atoms with van der Waals surface area (Å²) >= 11 is 1.20. The minimum atomic E-state index is 0.522. The van der Waals surface area contributed by atoms with Gasteiger partial charge in [0.2, 0.25) is 0 Å². The Balaban J connectivity index is 3.31. The van der Waals surface area contributed by atoms with Gasteiger partial charge in [0, 0.05) is 0 Å². The van der Waals surface area contributed by atoms with Gasteiger partial charge in [0.25, 0.3) is 0 Å². The molecule has 0 aliphatic carbocycles. The second-order valence-corrected chi connectivity index (χ2v) is 3.91. The number of nitrogens with zero attached hydrogens (tertiary/aromatic N) is 1. The maximum absolute atomic E-state index is 8.82. The van der Waals surface area contributed by atoms with Gasteiger partial charge in [-0.15, -0.1) is 0 Å². The van der Waals surface area contributed by atoms with Gasteiger partial charge in [-0.3, -0.25) is 0 Å². The summed E-state index contributed by atoms with van der Waals surface area (Å²) in [7, 11) is 3.15. The third-order valence-electron chi connectivity index (χ3n) is 1.62. The standard InChI is InChI=1S/C9H8NO2.Sn/c1-11-8-3-4-9(12-2)7(5-8)6-10;/h3,5H,1-2H3;. The fraction of sp³-hybridized carbons (Fsp3) is 0.222. The third kappa shape index (κ3) is 2.07. The first kappa shape index (κ1) is 10.2. The molecule has 0 spiro atoms. The van der Waals surface area contributed by atoms with E-state index in [1.54, 1.807) is 20.3 Å². The predicted octanol–water partition coefficient (Wildman–Crippen LogP) is 0.369. The summed E-state index contributed by atoms with van der Waals surface area (Å²) < 4.78 is 11.1. The molecular formula is C9H8NO2Sn. The SMILES string of the molecule is COc1c[c]([Sn])c(OC)c(C#N)c1. The molecule has 65 valence electrons. The molecule has 1 aromatic rings. The van der Waals surface area contributed by atoms with Crippen molar-refractivity contribution in [2.24, 2.45) is 0 Å². The molecule has 1 aromatic carbocycles. The molecule has 0 saturated carbocycles. The van der Waals surface area contributed by atoms with Gasteiger partial charge in [0.15, 0.2) is 0 Å². The quantitative estimate of drug-likeness (QED) is 0.735. The normalized spacial score (nSPS) is 9.08. The molecule has 0 saturated heterocycles. The van der Waals surface area contributed by atoms with Crippen molar-refractivity contribution in [2.45, 2.75) is 0 Å². The second kappa shape index (κ2) is 4.37. The van der Waals surface area contributed by atoms with Crippen molar-refractivity contribution in [1.29, 1.82) is 5.26 Å². The molecule has 0 bridgehead atoms. The van der Waals surface area contributed by atoms with Gasteiger partial charge in [-0.25, -0.2) is 0 Å². The molecule has 0 aliphatic rings. The average Bonchev–Trinajstić information content (AvgIpc) is 2.16. The van der Waals surface area contributed by atoms with Crippen LogP contribution in [0.5, 0.6) is 11.5 Å². The van der Waals surface area contributed by atoms with Gasteiger partial charge in [-0.2, -0.15) is 0 Å². The van der Waals surface area contributed by atoms with E-state index in [0.717, 1.165) is 3.58 Å². The Morgan fingerprint density at radius 3 is 2.46 bits per heavy atom. The summed E-state index contributed by atoms with van der Waals surface area (Å²) in [6.45, 7) is 0. The Bertz CT molecular complexity index is 357. The van der Waals surface area contributed by atoms with Crippen LogP contribution in [0.1, 0.15) is 5.56 Å². The molecule has 0 aromatic heterocycles. The number of rotatable bonds is 2. The van der Waals surface area contributed by atoms with Crippen molar-refractivity contribution in [3.05, 3.63) is 17.7 Å². The fourth-order valence-corrected chi connectivity index (χ4v) is 2.10. The van der Waals surface area contributed by atoms with E-state index in [4.69, 9.17) is 14.7 Å². The van der Waals surface area contributed by atoms with Crippen molar-refractivity contribution in [3.8, 4) is 17.6 Å². The average molecular weight is 281 g/mol. The van der Waals surface area contributed by atoms with Gasteiger partial charge in [0.1, 0.15) is 0 Å². The Kier molecular flexibility index (Phi) is 3.43. The van der Waals surface area contributed by atoms with Crippen LogP contribution in [-0.2, 0) is 0 Å². The number of methoxy groups -OCH3 is 2. The first-order valence-corrected chi connectivity index (χ1v) is 5.03. The number of hydrogen-bond donors (Lipinski definition) is 0. The molecule has 4 heteroatoms. The van der Waals surface area contributed by atoms with Crippen LogP contribution in [0.2, 0.25) is 0 Å². The first-order chi connectivity index (χ1) is 6.22. The number of hydrogen-bond acceptors (Lipinski definition) is 3. The van der Waals surface area contributed by atoms with Gasteiger partial charge in [-0.1, -0.05) is 0 Å². The van der Waals surface area contributed by atoms with E-state index < -0.39 is 0 Å². The van der Waals surface area contributed by atoms with Crippen LogP contribution in [0.3, 0.4) is 0 Å². The zero-order chi connectivity index (χ0) is 9.84. The van der Waals surface area contributed by atoms with Gasteiger partial charge < -0.3 is 0 Å². The molecule has 0 heterocycles. The van der Waals surface area contributed by atoms with Crippen LogP contribution >= 0.6 is 0 Å². The van der Waals surface area contributed by atoms with E-state index in [1.165, 1.54) is 22.5 Å². The van der Waals surface area contributed by atoms with Crippen molar-refractivity contribution in [1.82, 2.24) is 0 Å². The van der Waals surface area contributed by atoms with E-state index in [-0.39, 0.29) is 0 Å². The van der Waals surface area contributed by atoms with Crippen molar-refractivity contribution < 1.29 is 9.47 Å². The topological polar surface area (TPSA) is 42.2 Å². The van der Waals surface area contributed by atoms with E-state index in [0.29, 0.717) is 17.1 Å². The summed E-state index contributed by atoms with van der Waals surface area (Å²) in [5.74, 6) is 1.35. The molecule has 0 fully saturated rings. The third-order valence-corrected chi connectivity index (χ3v) is 2.68. The van der Waals surface area contributed by atoms with Gasteiger partial charge >= 0.3 is 90.3 Å². The Morgan fingerprint density at radius 2 is 2.00 bits per heavy atom. The summed E-state index contributed by atoms with van der Waals surface area (Å²) in [5.41, 5.74) is 0.522. The van der Waals surface area contributed by atoms with E-state index >= 15 is 0 Å². The summed E-state index contributed by atoms with van der Waals surface area (Å²) in [5, 5.41) is 8.82. The van der Waals surface area contributed by atoms with Crippen molar-refractivity contribution in [2.75, 3.05) is 14.2 Å². The number of benzene rings is 1. The maximum atomic E-state index is 8.82. The van der Waals surface area contributed by atoms with Gasteiger partial charge in [-0.05, 0) is 0 Å². The molecule has 3 radical (unpaired) electrons. The summed E-state index contributed by atoms with van der Waals surface area (Å²) in [4.78, 5) is 0. The molecular weight excluding hydrogens is 273 g/mol. The van der Waals surface area contributed by atoms with Crippen LogP contribution in [-0.4, -0.2) is 36.7 Å². The molecule has 0 unspecified atom stereocenters. The fourth-order valence-electron chi connectivity index (χ4n) is 1.02. The minimum absolute atomic E-state index is 0.522. The molecule has 0 aliphatic heterocycles. The van der Waals surface area contributed by atoms with E-state index in [2.05, 4.69) is 6.07 Å². The Morgan fingerprint density at radius 1 is 1.31 bits per heavy atom.